The van der Waals surface area contributed by atoms with Gasteiger partial charge in [-0.1, -0.05) is 18.2 Å². The van der Waals surface area contributed by atoms with E-state index in [1.54, 1.807) is 10.6 Å². The van der Waals surface area contributed by atoms with Gasteiger partial charge < -0.3 is 15.6 Å². The fourth-order valence-electron chi connectivity index (χ4n) is 5.25. The Morgan fingerprint density at radius 1 is 1.21 bits per heavy atom. The highest BCUT2D eigenvalue weighted by atomic mass is 16.2. The molecule has 2 aromatic rings. The molecule has 0 aliphatic carbocycles. The molecule has 3 atom stereocenters. The minimum atomic E-state index is -0.241. The molecular formula is C23H32N4O2. The summed E-state index contributed by atoms with van der Waals surface area (Å²) in [6.07, 6.45) is 5.32. The summed E-state index contributed by atoms with van der Waals surface area (Å²) in [6, 6.07) is 10.7. The Kier molecular flexibility index (Phi) is 5.74. The van der Waals surface area contributed by atoms with Crippen LogP contribution in [0.4, 0.5) is 0 Å². The first-order valence-corrected chi connectivity index (χ1v) is 10.9. The summed E-state index contributed by atoms with van der Waals surface area (Å²) < 4.78 is 1.73. The third-order valence-corrected chi connectivity index (χ3v) is 6.55. The smallest absolute Gasteiger partial charge is 0.264 e. The Morgan fingerprint density at radius 3 is 2.55 bits per heavy atom. The van der Waals surface area contributed by atoms with Crippen LogP contribution in [0.2, 0.25) is 0 Å². The largest absolute Gasteiger partial charge is 0.349 e. The number of aromatic nitrogens is 1. The van der Waals surface area contributed by atoms with Crippen LogP contribution in [-0.2, 0) is 0 Å². The summed E-state index contributed by atoms with van der Waals surface area (Å²) in [6.45, 7) is 5.73. The van der Waals surface area contributed by atoms with E-state index in [-0.39, 0.29) is 29.1 Å². The van der Waals surface area contributed by atoms with Crippen LogP contribution in [0.5, 0.6) is 0 Å². The Balaban J connectivity index is 1.55. The fraction of sp³-hybridized carbons (Fsp3) is 0.565. The van der Waals surface area contributed by atoms with E-state index in [0.717, 1.165) is 43.3 Å². The van der Waals surface area contributed by atoms with Crippen molar-refractivity contribution in [2.75, 3.05) is 13.1 Å². The predicted molar refractivity (Wildman–Crippen MR) is 116 cm³/mol. The van der Waals surface area contributed by atoms with Crippen molar-refractivity contribution < 1.29 is 4.79 Å². The number of hydrogen-bond donors (Lipinski definition) is 2. The number of fused-ring (bicyclic) bond motifs is 3. The van der Waals surface area contributed by atoms with Gasteiger partial charge in [-0.25, -0.2) is 0 Å². The molecule has 2 saturated heterocycles. The number of pyridine rings is 1. The van der Waals surface area contributed by atoms with E-state index in [1.807, 2.05) is 38.1 Å². The monoisotopic (exact) mass is 396 g/mol. The van der Waals surface area contributed by atoms with Crippen LogP contribution in [-0.4, -0.2) is 46.6 Å². The second kappa shape index (κ2) is 8.28. The Morgan fingerprint density at radius 2 is 1.90 bits per heavy atom. The van der Waals surface area contributed by atoms with Crippen LogP contribution in [0.1, 0.15) is 62.4 Å². The van der Waals surface area contributed by atoms with E-state index in [2.05, 4.69) is 10.2 Å². The molecule has 1 unspecified atom stereocenters. The zero-order valence-electron chi connectivity index (χ0n) is 17.4. The first-order chi connectivity index (χ1) is 14.0. The van der Waals surface area contributed by atoms with Crippen LogP contribution in [0.15, 0.2) is 35.1 Å². The van der Waals surface area contributed by atoms with Gasteiger partial charge in [0.15, 0.2) is 0 Å². The lowest BCUT2D eigenvalue weighted by Gasteiger charge is -2.39. The molecule has 6 nitrogen and oxygen atoms in total. The van der Waals surface area contributed by atoms with Gasteiger partial charge >= 0.3 is 0 Å². The van der Waals surface area contributed by atoms with Gasteiger partial charge in [0.05, 0.1) is 5.52 Å². The molecule has 6 heteroatoms. The van der Waals surface area contributed by atoms with Crippen LogP contribution in [0, 0.1) is 0 Å². The highest BCUT2D eigenvalue weighted by molar-refractivity contribution is 5.97. The third-order valence-electron chi connectivity index (χ3n) is 6.55. The second-order valence-electron chi connectivity index (χ2n) is 8.79. The van der Waals surface area contributed by atoms with Gasteiger partial charge in [-0.3, -0.25) is 14.5 Å². The zero-order chi connectivity index (χ0) is 20.5. The second-order valence-corrected chi connectivity index (χ2v) is 8.79. The Bertz CT molecular complexity index is 938. The van der Waals surface area contributed by atoms with Gasteiger partial charge in [-0.05, 0) is 76.6 Å². The maximum atomic E-state index is 13.1. The van der Waals surface area contributed by atoms with E-state index in [4.69, 9.17) is 5.73 Å². The summed E-state index contributed by atoms with van der Waals surface area (Å²) in [5, 5.41) is 4.10. The number of para-hydroxylation sites is 1. The van der Waals surface area contributed by atoms with Crippen LogP contribution in [0.3, 0.4) is 0 Å². The summed E-state index contributed by atoms with van der Waals surface area (Å²) >= 11 is 0. The molecule has 29 heavy (non-hydrogen) atoms. The van der Waals surface area contributed by atoms with Gasteiger partial charge in [-0.15, -0.1) is 0 Å². The summed E-state index contributed by atoms with van der Waals surface area (Å²) in [5.74, 6) is -0.241. The molecule has 0 radical (unpaired) electrons. The number of carbonyl (C=O) groups is 1. The minimum absolute atomic E-state index is 0.0122. The van der Waals surface area contributed by atoms with Gasteiger partial charge in [0.2, 0.25) is 0 Å². The normalized spacial score (nSPS) is 24.3. The number of hydrogen-bond acceptors (Lipinski definition) is 4. The average molecular weight is 397 g/mol. The molecule has 156 valence electrons. The molecule has 0 saturated carbocycles. The molecule has 1 aromatic carbocycles. The van der Waals surface area contributed by atoms with E-state index in [9.17, 15) is 9.59 Å². The predicted octanol–water partition coefficient (Wildman–Crippen LogP) is 2.66. The van der Waals surface area contributed by atoms with Crippen molar-refractivity contribution in [2.24, 2.45) is 5.73 Å². The summed E-state index contributed by atoms with van der Waals surface area (Å²) in [4.78, 5) is 28.8. The number of carbonyl (C=O) groups excluding carboxylic acids is 1. The van der Waals surface area contributed by atoms with Crippen molar-refractivity contribution in [3.05, 3.63) is 46.2 Å². The molecule has 1 amide bonds. The molecule has 3 N–H and O–H groups in total. The summed E-state index contributed by atoms with van der Waals surface area (Å²) in [7, 11) is 0. The van der Waals surface area contributed by atoms with E-state index < -0.39 is 0 Å². The number of piperidine rings is 1. The quantitative estimate of drug-likeness (QED) is 0.787. The van der Waals surface area contributed by atoms with E-state index in [0.29, 0.717) is 12.1 Å². The minimum Gasteiger partial charge on any atom is -0.349 e. The van der Waals surface area contributed by atoms with Gasteiger partial charge in [0.1, 0.15) is 5.56 Å². The number of nitrogens with zero attached hydrogens (tertiary/aromatic N) is 2. The number of nitrogens with two attached hydrogens (primary N) is 1. The lowest BCUT2D eigenvalue weighted by atomic mass is 9.96. The highest BCUT2D eigenvalue weighted by Gasteiger charge is 2.40. The molecule has 4 rings (SSSR count). The van der Waals surface area contributed by atoms with Crippen molar-refractivity contribution in [1.82, 2.24) is 14.8 Å². The first kappa shape index (κ1) is 20.1. The fourth-order valence-corrected chi connectivity index (χ4v) is 5.25. The van der Waals surface area contributed by atoms with E-state index in [1.165, 1.54) is 12.8 Å². The van der Waals surface area contributed by atoms with E-state index >= 15 is 0 Å². The molecule has 2 aliphatic rings. The Hall–Kier alpha value is -2.18. The van der Waals surface area contributed by atoms with Crippen molar-refractivity contribution in [3.8, 4) is 0 Å². The van der Waals surface area contributed by atoms with Crippen molar-refractivity contribution in [3.63, 3.8) is 0 Å². The SMILES string of the molecule is CC(C)n1c(=O)c(C(=O)NC2C[C@H]3CC[C@@H](C2)N3CCCN)cc2ccccc21. The first-order valence-electron chi connectivity index (χ1n) is 10.9. The van der Waals surface area contributed by atoms with Crippen molar-refractivity contribution in [2.45, 2.75) is 70.1 Å². The van der Waals surface area contributed by atoms with Gasteiger partial charge in [0, 0.05) is 24.2 Å². The standard InChI is InChI=1S/C23H32N4O2/c1-15(2)27-21-7-4-3-6-16(21)12-20(23(27)29)22(28)25-17-13-18-8-9-19(14-17)26(18)11-5-10-24/h3-4,6-7,12,15,17-19H,5,8-11,13-14,24H2,1-2H3,(H,25,28)/t17?,18-,19+. The molecule has 2 fully saturated rings. The van der Waals surface area contributed by atoms with Gasteiger partial charge in [0.25, 0.3) is 11.5 Å². The number of amides is 1. The van der Waals surface area contributed by atoms with Crippen LogP contribution in [0.25, 0.3) is 10.9 Å². The number of rotatable bonds is 6. The summed E-state index contributed by atoms with van der Waals surface area (Å²) in [5.41, 5.74) is 6.59. The Labute approximate surface area is 172 Å². The number of benzene rings is 1. The maximum absolute atomic E-state index is 13.1. The topological polar surface area (TPSA) is 80.4 Å². The molecule has 0 spiro atoms. The zero-order valence-corrected chi connectivity index (χ0v) is 17.4. The highest BCUT2D eigenvalue weighted by Crippen LogP contribution is 2.35. The van der Waals surface area contributed by atoms with Crippen molar-refractivity contribution >= 4 is 16.8 Å². The molecule has 1 aromatic heterocycles. The molecule has 2 bridgehead atoms. The average Bonchev–Trinajstić information content (AvgIpc) is 2.93. The maximum Gasteiger partial charge on any atom is 0.264 e. The van der Waals surface area contributed by atoms with Gasteiger partial charge in [-0.2, -0.15) is 0 Å². The van der Waals surface area contributed by atoms with Crippen LogP contribution >= 0.6 is 0 Å². The third kappa shape index (κ3) is 3.83. The van der Waals surface area contributed by atoms with Crippen LogP contribution < -0.4 is 16.6 Å². The lowest BCUT2D eigenvalue weighted by Crippen LogP contribution is -2.51. The van der Waals surface area contributed by atoms with Crippen molar-refractivity contribution in [1.29, 1.82) is 0 Å². The lowest BCUT2D eigenvalue weighted by molar-refractivity contribution is 0.0843. The number of nitrogens with one attached hydrogen (secondary N) is 1. The molecule has 3 heterocycles. The molecular weight excluding hydrogens is 364 g/mol. The molecule has 2 aliphatic heterocycles.